The lowest BCUT2D eigenvalue weighted by molar-refractivity contribution is 0.0888. The second-order valence-electron chi connectivity index (χ2n) is 6.74. The Morgan fingerprint density at radius 2 is 2.25 bits per heavy atom. The Balaban J connectivity index is 1.53. The fourth-order valence-electron chi connectivity index (χ4n) is 3.40. The number of hydrogen-bond acceptors (Lipinski definition) is 4. The molecule has 2 fully saturated rings. The molecule has 2 N–H and O–H groups in total. The van der Waals surface area contributed by atoms with Gasteiger partial charge in [0.15, 0.2) is 5.96 Å². The molecule has 0 aromatic heterocycles. The Morgan fingerprint density at radius 3 is 3.00 bits per heavy atom. The van der Waals surface area contributed by atoms with Gasteiger partial charge in [0.25, 0.3) is 0 Å². The van der Waals surface area contributed by atoms with Crippen LogP contribution in [0.15, 0.2) is 4.99 Å². The minimum Gasteiger partial charge on any atom is -0.381 e. The predicted octanol–water partition coefficient (Wildman–Crippen LogP) is 2.66. The molecule has 0 aromatic rings. The molecule has 0 spiro atoms. The normalized spacial score (nSPS) is 28.1. The van der Waals surface area contributed by atoms with Gasteiger partial charge in [0, 0.05) is 44.0 Å². The summed E-state index contributed by atoms with van der Waals surface area (Å²) in [6.45, 7) is 6.57. The number of nitrogens with zero attached hydrogens (tertiary/aromatic N) is 1. The van der Waals surface area contributed by atoms with Gasteiger partial charge < -0.3 is 20.1 Å². The molecule has 0 aromatic carbocycles. The van der Waals surface area contributed by atoms with E-state index >= 15 is 0 Å². The van der Waals surface area contributed by atoms with Crippen LogP contribution in [-0.2, 0) is 9.47 Å². The van der Waals surface area contributed by atoms with E-state index < -0.39 is 0 Å². The van der Waals surface area contributed by atoms with Gasteiger partial charge in [0.1, 0.15) is 0 Å². The number of hydrogen-bond donors (Lipinski definition) is 2. The van der Waals surface area contributed by atoms with Crippen LogP contribution in [0.3, 0.4) is 0 Å². The molecular formula is C18H35N3O2S. The van der Waals surface area contributed by atoms with Crippen LogP contribution >= 0.6 is 11.8 Å². The van der Waals surface area contributed by atoms with E-state index in [-0.39, 0.29) is 0 Å². The van der Waals surface area contributed by atoms with Gasteiger partial charge >= 0.3 is 0 Å². The summed E-state index contributed by atoms with van der Waals surface area (Å²) < 4.78 is 11.1. The van der Waals surface area contributed by atoms with Crippen LogP contribution in [0, 0.1) is 5.92 Å². The molecule has 0 radical (unpaired) electrons. The highest BCUT2D eigenvalue weighted by Crippen LogP contribution is 2.28. The molecule has 2 rings (SSSR count). The third-order valence-electron chi connectivity index (χ3n) is 4.73. The summed E-state index contributed by atoms with van der Waals surface area (Å²) in [6, 6.07) is 0.563. The average molecular weight is 358 g/mol. The van der Waals surface area contributed by atoms with Crippen molar-refractivity contribution in [2.24, 2.45) is 10.9 Å². The lowest BCUT2D eigenvalue weighted by Crippen LogP contribution is -2.46. The summed E-state index contributed by atoms with van der Waals surface area (Å²) in [5.41, 5.74) is 0. The fourth-order valence-corrected chi connectivity index (χ4v) is 4.57. The van der Waals surface area contributed by atoms with Crippen LogP contribution in [0.4, 0.5) is 0 Å². The van der Waals surface area contributed by atoms with Gasteiger partial charge in [-0.2, -0.15) is 11.8 Å². The molecule has 1 saturated carbocycles. The van der Waals surface area contributed by atoms with E-state index in [9.17, 15) is 0 Å². The molecule has 6 heteroatoms. The Bertz CT molecular complexity index is 360. The molecule has 3 unspecified atom stereocenters. The van der Waals surface area contributed by atoms with Crippen molar-refractivity contribution in [3.8, 4) is 0 Å². The van der Waals surface area contributed by atoms with Gasteiger partial charge in [0.2, 0.25) is 0 Å². The SMILES string of the molecule is CCSC1CCCC(NC(=NC)NCCCOCC2CCOC2)C1. The highest BCUT2D eigenvalue weighted by atomic mass is 32.2. The predicted molar refractivity (Wildman–Crippen MR) is 103 cm³/mol. The largest absolute Gasteiger partial charge is 0.381 e. The smallest absolute Gasteiger partial charge is 0.191 e. The van der Waals surface area contributed by atoms with Crippen molar-refractivity contribution in [3.63, 3.8) is 0 Å². The van der Waals surface area contributed by atoms with E-state index in [4.69, 9.17) is 9.47 Å². The standard InChI is InChI=1S/C18H35N3O2S/c1-3-24-17-7-4-6-16(12-17)21-18(19-2)20-9-5-10-22-13-15-8-11-23-14-15/h15-17H,3-14H2,1-2H3,(H2,19,20,21). The minimum absolute atomic E-state index is 0.563. The Labute approximate surface area is 151 Å². The zero-order valence-electron chi connectivity index (χ0n) is 15.4. The number of ether oxygens (including phenoxy) is 2. The molecule has 5 nitrogen and oxygen atoms in total. The van der Waals surface area contributed by atoms with Gasteiger partial charge in [-0.1, -0.05) is 13.3 Å². The summed E-state index contributed by atoms with van der Waals surface area (Å²) in [7, 11) is 1.85. The molecular weight excluding hydrogens is 322 g/mol. The van der Waals surface area contributed by atoms with Crippen molar-refractivity contribution in [1.82, 2.24) is 10.6 Å². The molecule has 24 heavy (non-hydrogen) atoms. The molecule has 140 valence electrons. The summed E-state index contributed by atoms with van der Waals surface area (Å²) >= 11 is 2.10. The van der Waals surface area contributed by atoms with Crippen LogP contribution in [0.5, 0.6) is 0 Å². The highest BCUT2D eigenvalue weighted by molar-refractivity contribution is 7.99. The van der Waals surface area contributed by atoms with Gasteiger partial charge in [-0.15, -0.1) is 0 Å². The third kappa shape index (κ3) is 7.62. The Morgan fingerprint density at radius 1 is 1.33 bits per heavy atom. The first-order valence-electron chi connectivity index (χ1n) is 9.56. The van der Waals surface area contributed by atoms with Gasteiger partial charge in [-0.25, -0.2) is 0 Å². The van der Waals surface area contributed by atoms with Crippen molar-refractivity contribution in [3.05, 3.63) is 0 Å². The second kappa shape index (κ2) is 12.0. The van der Waals surface area contributed by atoms with Crippen LogP contribution in [-0.4, -0.2) is 63.0 Å². The quantitative estimate of drug-likeness (QED) is 0.377. The Hall–Kier alpha value is -0.460. The van der Waals surface area contributed by atoms with Gasteiger partial charge in [-0.05, 0) is 37.9 Å². The lowest BCUT2D eigenvalue weighted by atomic mass is 9.95. The van der Waals surface area contributed by atoms with E-state index in [1.807, 2.05) is 7.05 Å². The molecule has 1 aliphatic carbocycles. The summed E-state index contributed by atoms with van der Waals surface area (Å²) in [5.74, 6) is 2.76. The first kappa shape index (κ1) is 19.9. The van der Waals surface area contributed by atoms with E-state index in [1.165, 1.54) is 31.4 Å². The third-order valence-corrected chi connectivity index (χ3v) is 5.96. The van der Waals surface area contributed by atoms with E-state index in [0.717, 1.165) is 57.0 Å². The minimum atomic E-state index is 0.563. The summed E-state index contributed by atoms with van der Waals surface area (Å²) in [4.78, 5) is 4.36. The summed E-state index contributed by atoms with van der Waals surface area (Å²) in [6.07, 6.45) is 7.36. The van der Waals surface area contributed by atoms with Gasteiger partial charge in [-0.3, -0.25) is 4.99 Å². The van der Waals surface area contributed by atoms with Crippen molar-refractivity contribution < 1.29 is 9.47 Å². The van der Waals surface area contributed by atoms with Crippen LogP contribution in [0.2, 0.25) is 0 Å². The maximum Gasteiger partial charge on any atom is 0.191 e. The highest BCUT2D eigenvalue weighted by Gasteiger charge is 2.22. The maximum atomic E-state index is 5.74. The molecule has 1 aliphatic heterocycles. The first-order valence-corrected chi connectivity index (χ1v) is 10.6. The molecule has 0 bridgehead atoms. The zero-order chi connectivity index (χ0) is 17.0. The van der Waals surface area contributed by atoms with Crippen molar-refractivity contribution in [2.75, 3.05) is 45.8 Å². The van der Waals surface area contributed by atoms with Crippen molar-refractivity contribution in [2.45, 2.75) is 56.7 Å². The molecule has 2 aliphatic rings. The van der Waals surface area contributed by atoms with Gasteiger partial charge in [0.05, 0.1) is 13.2 Å². The molecule has 1 saturated heterocycles. The second-order valence-corrected chi connectivity index (χ2v) is 8.32. The molecule has 3 atom stereocenters. The lowest BCUT2D eigenvalue weighted by Gasteiger charge is -2.30. The van der Waals surface area contributed by atoms with Crippen molar-refractivity contribution >= 4 is 17.7 Å². The number of aliphatic imine (C=N–C) groups is 1. The van der Waals surface area contributed by atoms with Crippen LogP contribution in [0.1, 0.15) is 45.4 Å². The monoisotopic (exact) mass is 357 g/mol. The van der Waals surface area contributed by atoms with Crippen LogP contribution < -0.4 is 10.6 Å². The number of nitrogens with one attached hydrogen (secondary N) is 2. The van der Waals surface area contributed by atoms with E-state index in [0.29, 0.717) is 12.0 Å². The maximum absolute atomic E-state index is 5.74. The number of guanidine groups is 1. The first-order chi connectivity index (χ1) is 11.8. The van der Waals surface area contributed by atoms with Crippen LogP contribution in [0.25, 0.3) is 0 Å². The van der Waals surface area contributed by atoms with Crippen molar-refractivity contribution in [1.29, 1.82) is 0 Å². The molecule has 1 heterocycles. The topological polar surface area (TPSA) is 54.9 Å². The number of thioether (sulfide) groups is 1. The fraction of sp³-hybridized carbons (Fsp3) is 0.944. The van der Waals surface area contributed by atoms with E-state index in [2.05, 4.69) is 34.3 Å². The zero-order valence-corrected chi connectivity index (χ0v) is 16.2. The summed E-state index contributed by atoms with van der Waals surface area (Å²) in [5, 5.41) is 7.83. The molecule has 0 amide bonds. The average Bonchev–Trinajstić information content (AvgIpc) is 3.11. The Kier molecular flexibility index (Phi) is 9.92. The number of rotatable bonds is 9. The van der Waals surface area contributed by atoms with E-state index in [1.54, 1.807) is 0 Å².